The molecule has 0 radical (unpaired) electrons. The van der Waals surface area contributed by atoms with Crippen molar-refractivity contribution >= 4 is 29.3 Å². The largest absolute Gasteiger partial charge is 0.481 e. The first-order chi connectivity index (χ1) is 10.7. The van der Waals surface area contributed by atoms with Crippen LogP contribution in [-0.4, -0.2) is 28.5 Å². The molecule has 0 bridgehead atoms. The fraction of sp³-hybridized carbons (Fsp3) is 0.188. The molecule has 0 aliphatic carbocycles. The van der Waals surface area contributed by atoms with Crippen molar-refractivity contribution < 1.29 is 14.7 Å². The number of carboxylic acid groups (broad SMARTS) is 1. The first-order valence-electron chi connectivity index (χ1n) is 6.92. The number of amides is 1. The van der Waals surface area contributed by atoms with Gasteiger partial charge in [0.25, 0.3) is 5.91 Å². The number of para-hydroxylation sites is 1. The summed E-state index contributed by atoms with van der Waals surface area (Å²) in [6.45, 7) is 0.372. The van der Waals surface area contributed by atoms with E-state index in [9.17, 15) is 9.59 Å². The maximum absolute atomic E-state index is 12.8. The molecule has 1 aliphatic rings. The van der Waals surface area contributed by atoms with Crippen LogP contribution >= 0.6 is 11.8 Å². The number of rotatable bonds is 4. The van der Waals surface area contributed by atoms with Crippen LogP contribution in [0.5, 0.6) is 0 Å². The first-order valence-corrected chi connectivity index (χ1v) is 7.74. The highest BCUT2D eigenvalue weighted by Crippen LogP contribution is 2.40. The third kappa shape index (κ3) is 2.82. The lowest BCUT2D eigenvalue weighted by molar-refractivity contribution is -0.137. The van der Waals surface area contributed by atoms with Crippen LogP contribution < -0.4 is 4.90 Å². The molecule has 0 unspecified atom stereocenters. The van der Waals surface area contributed by atoms with E-state index >= 15 is 0 Å². The molecule has 1 N–H and O–H groups in total. The molecule has 5 nitrogen and oxygen atoms in total. The number of aromatic nitrogens is 1. The van der Waals surface area contributed by atoms with Crippen LogP contribution in [0.4, 0.5) is 5.69 Å². The highest BCUT2D eigenvalue weighted by molar-refractivity contribution is 7.99. The number of fused-ring (bicyclic) bond motifs is 2. The second kappa shape index (κ2) is 6.19. The monoisotopic (exact) mass is 314 g/mol. The summed E-state index contributed by atoms with van der Waals surface area (Å²) in [5, 5.41) is 9.48. The Morgan fingerprint density at radius 1 is 1.23 bits per heavy atom. The summed E-state index contributed by atoms with van der Waals surface area (Å²) in [5.41, 5.74) is 1.36. The normalized spacial score (nSPS) is 13.3. The van der Waals surface area contributed by atoms with E-state index < -0.39 is 5.97 Å². The van der Waals surface area contributed by atoms with Crippen LogP contribution in [0.1, 0.15) is 23.2 Å². The second-order valence-corrected chi connectivity index (χ2v) is 5.91. The fourth-order valence-corrected chi connectivity index (χ4v) is 3.39. The molecule has 1 aromatic carbocycles. The van der Waals surface area contributed by atoms with Gasteiger partial charge in [0.1, 0.15) is 5.03 Å². The molecule has 2 aromatic rings. The molecule has 3 rings (SSSR count). The Bertz CT molecular complexity index is 733. The maximum Gasteiger partial charge on any atom is 0.303 e. The quantitative estimate of drug-likeness (QED) is 0.939. The molecule has 1 aliphatic heterocycles. The van der Waals surface area contributed by atoms with Gasteiger partial charge in [0.15, 0.2) is 0 Å². The van der Waals surface area contributed by atoms with Crippen LogP contribution in [0.3, 0.4) is 0 Å². The number of hydrogen-bond acceptors (Lipinski definition) is 4. The summed E-state index contributed by atoms with van der Waals surface area (Å²) in [6, 6.07) is 11.1. The van der Waals surface area contributed by atoms with Crippen LogP contribution in [0.15, 0.2) is 52.5 Å². The number of nitrogens with zero attached hydrogens (tertiary/aromatic N) is 2. The zero-order chi connectivity index (χ0) is 15.5. The van der Waals surface area contributed by atoms with E-state index in [1.807, 2.05) is 24.3 Å². The molecule has 2 heterocycles. The van der Waals surface area contributed by atoms with Gasteiger partial charge in [-0.2, -0.15) is 0 Å². The van der Waals surface area contributed by atoms with E-state index in [-0.39, 0.29) is 12.3 Å². The van der Waals surface area contributed by atoms with Crippen LogP contribution in [0, 0.1) is 0 Å². The van der Waals surface area contributed by atoms with Gasteiger partial charge in [-0.3, -0.25) is 9.59 Å². The number of hydrogen-bond donors (Lipinski definition) is 1. The number of carbonyl (C=O) groups is 2. The van der Waals surface area contributed by atoms with Gasteiger partial charge in [-0.15, -0.1) is 0 Å². The number of benzene rings is 1. The number of aliphatic carboxylic acids is 1. The molecule has 6 heteroatoms. The van der Waals surface area contributed by atoms with Crippen molar-refractivity contribution in [2.24, 2.45) is 0 Å². The van der Waals surface area contributed by atoms with Gasteiger partial charge in [-0.25, -0.2) is 4.98 Å². The lowest BCUT2D eigenvalue weighted by Gasteiger charge is -2.22. The van der Waals surface area contributed by atoms with E-state index in [1.54, 1.807) is 23.2 Å². The number of carbonyl (C=O) groups excluding carboxylic acids is 1. The number of carboxylic acids is 1. The Hall–Kier alpha value is -2.34. The third-order valence-electron chi connectivity index (χ3n) is 3.38. The predicted molar refractivity (Wildman–Crippen MR) is 83.3 cm³/mol. The number of anilines is 1. The Labute approximate surface area is 132 Å². The van der Waals surface area contributed by atoms with E-state index in [0.717, 1.165) is 10.6 Å². The summed E-state index contributed by atoms with van der Waals surface area (Å²) in [5.74, 6) is -0.988. The summed E-state index contributed by atoms with van der Waals surface area (Å²) >= 11 is 1.46. The molecule has 0 atom stereocenters. The Morgan fingerprint density at radius 2 is 2.05 bits per heavy atom. The second-order valence-electron chi connectivity index (χ2n) is 4.88. The highest BCUT2D eigenvalue weighted by atomic mass is 32.2. The minimum absolute atomic E-state index is 0.0407. The van der Waals surface area contributed by atoms with Crippen molar-refractivity contribution in [3.63, 3.8) is 0 Å². The van der Waals surface area contributed by atoms with Crippen molar-refractivity contribution in [2.45, 2.75) is 22.8 Å². The average molecular weight is 314 g/mol. The summed E-state index contributed by atoms with van der Waals surface area (Å²) in [4.78, 5) is 30.4. The Kier molecular flexibility index (Phi) is 4.11. The molecular weight excluding hydrogens is 300 g/mol. The topological polar surface area (TPSA) is 70.5 Å². The molecule has 0 saturated carbocycles. The van der Waals surface area contributed by atoms with E-state index in [4.69, 9.17) is 5.11 Å². The van der Waals surface area contributed by atoms with Crippen LogP contribution in [0.2, 0.25) is 0 Å². The van der Waals surface area contributed by atoms with Gasteiger partial charge in [-0.05, 0) is 30.7 Å². The minimum atomic E-state index is -0.855. The molecular formula is C16H14N2O3S. The van der Waals surface area contributed by atoms with Gasteiger partial charge >= 0.3 is 5.97 Å². The number of pyridine rings is 1. The zero-order valence-electron chi connectivity index (χ0n) is 11.7. The van der Waals surface area contributed by atoms with Crippen molar-refractivity contribution in [3.8, 4) is 0 Å². The molecule has 1 amide bonds. The van der Waals surface area contributed by atoms with Crippen molar-refractivity contribution in [2.75, 3.05) is 11.4 Å². The van der Waals surface area contributed by atoms with Gasteiger partial charge in [0.05, 0.1) is 11.3 Å². The van der Waals surface area contributed by atoms with Crippen molar-refractivity contribution in [3.05, 3.63) is 48.2 Å². The Morgan fingerprint density at radius 3 is 2.86 bits per heavy atom. The third-order valence-corrected chi connectivity index (χ3v) is 4.47. The summed E-state index contributed by atoms with van der Waals surface area (Å²) in [7, 11) is 0. The predicted octanol–water partition coefficient (Wildman–Crippen LogP) is 3.06. The maximum atomic E-state index is 12.8. The highest BCUT2D eigenvalue weighted by Gasteiger charge is 2.27. The minimum Gasteiger partial charge on any atom is -0.481 e. The molecule has 22 heavy (non-hydrogen) atoms. The molecule has 1 aromatic heterocycles. The standard InChI is InChI=1S/C16H14N2O3S/c19-14(20)8-4-10-18-12-6-1-2-7-13(12)22-15-11(16(18)21)5-3-9-17-15/h1-3,5-7,9H,4,8,10H2,(H,19,20). The van der Waals surface area contributed by atoms with E-state index in [1.165, 1.54) is 11.8 Å². The zero-order valence-corrected chi connectivity index (χ0v) is 12.5. The fourth-order valence-electron chi connectivity index (χ4n) is 2.37. The first kappa shape index (κ1) is 14.6. The van der Waals surface area contributed by atoms with Gasteiger partial charge < -0.3 is 10.0 Å². The SMILES string of the molecule is O=C(O)CCCN1C(=O)c2cccnc2Sc2ccccc21. The lowest BCUT2D eigenvalue weighted by Crippen LogP contribution is -2.32. The van der Waals surface area contributed by atoms with Gasteiger partial charge in [0.2, 0.25) is 0 Å². The van der Waals surface area contributed by atoms with Gasteiger partial charge in [0, 0.05) is 24.1 Å². The lowest BCUT2D eigenvalue weighted by atomic mass is 10.2. The molecule has 0 saturated heterocycles. The summed E-state index contributed by atoms with van der Waals surface area (Å²) in [6.07, 6.45) is 2.12. The van der Waals surface area contributed by atoms with Crippen molar-refractivity contribution in [1.29, 1.82) is 0 Å². The summed E-state index contributed by atoms with van der Waals surface area (Å²) < 4.78 is 0. The van der Waals surface area contributed by atoms with Crippen LogP contribution in [-0.2, 0) is 4.79 Å². The van der Waals surface area contributed by atoms with E-state index in [2.05, 4.69) is 4.98 Å². The molecule has 0 spiro atoms. The molecule has 112 valence electrons. The Balaban J connectivity index is 1.99. The van der Waals surface area contributed by atoms with E-state index in [0.29, 0.717) is 23.6 Å². The average Bonchev–Trinajstić information content (AvgIpc) is 2.63. The van der Waals surface area contributed by atoms with Crippen LogP contribution in [0.25, 0.3) is 0 Å². The molecule has 0 fully saturated rings. The van der Waals surface area contributed by atoms with Crippen molar-refractivity contribution in [1.82, 2.24) is 4.98 Å². The van der Waals surface area contributed by atoms with Gasteiger partial charge in [-0.1, -0.05) is 23.9 Å². The smallest absolute Gasteiger partial charge is 0.303 e.